The molecule has 0 saturated heterocycles. The molecule has 1 saturated carbocycles. The summed E-state index contributed by atoms with van der Waals surface area (Å²) in [6.07, 6.45) is 6.28. The van der Waals surface area contributed by atoms with Gasteiger partial charge in [-0.05, 0) is 37.3 Å². The number of hydrogen-bond acceptors (Lipinski definition) is 3. The van der Waals surface area contributed by atoms with Crippen LogP contribution < -0.4 is 0 Å². The van der Waals surface area contributed by atoms with Crippen molar-refractivity contribution in [1.82, 2.24) is 0 Å². The van der Waals surface area contributed by atoms with Gasteiger partial charge in [-0.3, -0.25) is 4.79 Å². The van der Waals surface area contributed by atoms with E-state index in [4.69, 9.17) is 0 Å². The highest BCUT2D eigenvalue weighted by Crippen LogP contribution is 2.28. The topological polar surface area (TPSA) is 37.3 Å². The lowest BCUT2D eigenvalue weighted by Crippen LogP contribution is -2.32. The molecule has 1 atom stereocenters. The van der Waals surface area contributed by atoms with Gasteiger partial charge >= 0.3 is 0 Å². The Labute approximate surface area is 113 Å². The van der Waals surface area contributed by atoms with Gasteiger partial charge < -0.3 is 5.11 Å². The first kappa shape index (κ1) is 13.8. The maximum Gasteiger partial charge on any atom is 0.166 e. The fourth-order valence-corrected chi connectivity index (χ4v) is 3.66. The zero-order chi connectivity index (χ0) is 13.0. The van der Waals surface area contributed by atoms with Crippen LogP contribution in [0.4, 0.5) is 0 Å². The number of aliphatic hydroxyl groups excluding tert-OH is 1. The lowest BCUT2D eigenvalue weighted by Gasteiger charge is -2.25. The van der Waals surface area contributed by atoms with Crippen LogP contribution in [0.25, 0.3) is 0 Å². The quantitative estimate of drug-likeness (QED) is 0.887. The maximum atomic E-state index is 12.1. The van der Waals surface area contributed by atoms with E-state index < -0.39 is 6.10 Å². The summed E-state index contributed by atoms with van der Waals surface area (Å²) in [5.74, 6) is 0.211. The second kappa shape index (κ2) is 6.48. The molecule has 2 rings (SSSR count). The molecule has 0 aliphatic heterocycles. The molecule has 0 radical (unpaired) electrons. The average Bonchev–Trinajstić information content (AvgIpc) is 2.86. The van der Waals surface area contributed by atoms with Crippen LogP contribution in [0, 0.1) is 5.92 Å². The third kappa shape index (κ3) is 3.42. The first-order valence-corrected chi connectivity index (χ1v) is 7.80. The van der Waals surface area contributed by atoms with Crippen molar-refractivity contribution in [2.24, 2.45) is 5.92 Å². The zero-order valence-electron chi connectivity index (χ0n) is 11.0. The highest BCUT2D eigenvalue weighted by molar-refractivity contribution is 7.12. The van der Waals surface area contributed by atoms with Crippen molar-refractivity contribution < 1.29 is 9.90 Å². The van der Waals surface area contributed by atoms with Gasteiger partial charge in [-0.25, -0.2) is 0 Å². The summed E-state index contributed by atoms with van der Waals surface area (Å²) < 4.78 is 0. The SMILES string of the molecule is CCc1ccc(CC(=O)C(O)C2CCCCC2)s1. The third-order valence-electron chi connectivity index (χ3n) is 3.84. The van der Waals surface area contributed by atoms with Gasteiger partial charge in [0.05, 0.1) is 0 Å². The van der Waals surface area contributed by atoms with Crippen molar-refractivity contribution in [3.63, 3.8) is 0 Å². The van der Waals surface area contributed by atoms with E-state index >= 15 is 0 Å². The molecule has 1 aliphatic carbocycles. The lowest BCUT2D eigenvalue weighted by molar-refractivity contribution is -0.129. The number of rotatable bonds is 5. The fourth-order valence-electron chi connectivity index (χ4n) is 2.70. The van der Waals surface area contributed by atoms with Crippen LogP contribution in [0.5, 0.6) is 0 Å². The first-order chi connectivity index (χ1) is 8.70. The summed E-state index contributed by atoms with van der Waals surface area (Å²) in [6, 6.07) is 4.11. The highest BCUT2D eigenvalue weighted by atomic mass is 32.1. The van der Waals surface area contributed by atoms with Crippen LogP contribution >= 0.6 is 11.3 Å². The Hall–Kier alpha value is -0.670. The number of thiophene rings is 1. The monoisotopic (exact) mass is 266 g/mol. The molecule has 1 unspecified atom stereocenters. The molecule has 0 amide bonds. The van der Waals surface area contributed by atoms with Crippen LogP contribution in [0.2, 0.25) is 0 Å². The van der Waals surface area contributed by atoms with Crippen molar-refractivity contribution in [1.29, 1.82) is 0 Å². The van der Waals surface area contributed by atoms with E-state index in [1.807, 2.05) is 6.07 Å². The molecule has 0 bridgehead atoms. The Bertz CT molecular complexity index is 391. The Balaban J connectivity index is 1.90. The lowest BCUT2D eigenvalue weighted by atomic mass is 9.83. The molecule has 1 aromatic rings. The zero-order valence-corrected chi connectivity index (χ0v) is 11.8. The van der Waals surface area contributed by atoms with Crippen molar-refractivity contribution >= 4 is 17.1 Å². The standard InChI is InChI=1S/C15H22O2S/c1-2-12-8-9-13(18-12)10-14(16)15(17)11-6-4-3-5-7-11/h8-9,11,15,17H,2-7,10H2,1H3. The predicted molar refractivity (Wildman–Crippen MR) is 75.0 cm³/mol. The van der Waals surface area contributed by atoms with E-state index in [0.29, 0.717) is 6.42 Å². The molecular weight excluding hydrogens is 244 g/mol. The third-order valence-corrected chi connectivity index (χ3v) is 5.07. The van der Waals surface area contributed by atoms with Crippen molar-refractivity contribution in [3.05, 3.63) is 21.9 Å². The molecule has 1 heterocycles. The van der Waals surface area contributed by atoms with Gasteiger partial charge in [-0.2, -0.15) is 0 Å². The Morgan fingerprint density at radius 3 is 2.61 bits per heavy atom. The van der Waals surface area contributed by atoms with Crippen LogP contribution in [0.15, 0.2) is 12.1 Å². The van der Waals surface area contributed by atoms with Gasteiger partial charge in [0.25, 0.3) is 0 Å². The van der Waals surface area contributed by atoms with Gasteiger partial charge in [0, 0.05) is 16.2 Å². The molecule has 0 spiro atoms. The Morgan fingerprint density at radius 1 is 1.33 bits per heavy atom. The molecule has 2 nitrogen and oxygen atoms in total. The van der Waals surface area contributed by atoms with Gasteiger partial charge in [0.15, 0.2) is 5.78 Å². The second-order valence-corrected chi connectivity index (χ2v) is 6.46. The number of ketones is 1. The van der Waals surface area contributed by atoms with E-state index in [0.717, 1.165) is 37.0 Å². The number of Topliss-reactive ketones (excluding diaryl/α,β-unsaturated/α-hetero) is 1. The number of aliphatic hydroxyl groups is 1. The number of hydrogen-bond donors (Lipinski definition) is 1. The summed E-state index contributed by atoms with van der Waals surface area (Å²) in [6.45, 7) is 2.12. The molecule has 1 aliphatic rings. The smallest absolute Gasteiger partial charge is 0.166 e. The number of aryl methyl sites for hydroxylation is 1. The van der Waals surface area contributed by atoms with Crippen molar-refractivity contribution in [2.75, 3.05) is 0 Å². The highest BCUT2D eigenvalue weighted by Gasteiger charge is 2.27. The molecule has 18 heavy (non-hydrogen) atoms. The maximum absolute atomic E-state index is 12.1. The van der Waals surface area contributed by atoms with Crippen LogP contribution in [-0.2, 0) is 17.6 Å². The van der Waals surface area contributed by atoms with E-state index in [-0.39, 0.29) is 11.7 Å². The van der Waals surface area contributed by atoms with E-state index in [1.54, 1.807) is 11.3 Å². The minimum atomic E-state index is -0.738. The predicted octanol–water partition coefficient (Wildman–Crippen LogP) is 3.36. The van der Waals surface area contributed by atoms with Gasteiger partial charge in [0.1, 0.15) is 6.10 Å². The minimum Gasteiger partial charge on any atom is -0.385 e. The van der Waals surface area contributed by atoms with Crippen molar-refractivity contribution in [3.8, 4) is 0 Å². The largest absolute Gasteiger partial charge is 0.385 e. The molecule has 3 heteroatoms. The van der Waals surface area contributed by atoms with Crippen LogP contribution in [0.1, 0.15) is 48.8 Å². The molecule has 1 N–H and O–H groups in total. The summed E-state index contributed by atoms with van der Waals surface area (Å²) in [5.41, 5.74) is 0. The molecular formula is C15H22O2S. The first-order valence-electron chi connectivity index (χ1n) is 6.99. The Kier molecular flexibility index (Phi) is 4.95. The van der Waals surface area contributed by atoms with E-state index in [9.17, 15) is 9.90 Å². The number of carbonyl (C=O) groups is 1. The number of carbonyl (C=O) groups excluding carboxylic acids is 1. The average molecular weight is 266 g/mol. The van der Waals surface area contributed by atoms with Crippen LogP contribution in [-0.4, -0.2) is 17.0 Å². The molecule has 0 aromatic carbocycles. The minimum absolute atomic E-state index is 0.00593. The Morgan fingerprint density at radius 2 is 2.00 bits per heavy atom. The summed E-state index contributed by atoms with van der Waals surface area (Å²) in [5, 5.41) is 10.1. The normalized spacial score (nSPS) is 18.8. The van der Waals surface area contributed by atoms with E-state index in [2.05, 4.69) is 13.0 Å². The van der Waals surface area contributed by atoms with Crippen molar-refractivity contribution in [2.45, 2.75) is 58.0 Å². The molecule has 1 fully saturated rings. The summed E-state index contributed by atoms with van der Waals surface area (Å²) in [7, 11) is 0. The molecule has 100 valence electrons. The van der Waals surface area contributed by atoms with E-state index in [1.165, 1.54) is 11.3 Å². The van der Waals surface area contributed by atoms with Gasteiger partial charge in [0.2, 0.25) is 0 Å². The summed E-state index contributed by atoms with van der Waals surface area (Å²) >= 11 is 1.69. The van der Waals surface area contributed by atoms with Crippen LogP contribution in [0.3, 0.4) is 0 Å². The molecule has 1 aromatic heterocycles. The van der Waals surface area contributed by atoms with Gasteiger partial charge in [-0.15, -0.1) is 11.3 Å². The summed E-state index contributed by atoms with van der Waals surface area (Å²) in [4.78, 5) is 14.5. The second-order valence-electron chi connectivity index (χ2n) is 5.21. The van der Waals surface area contributed by atoms with Gasteiger partial charge in [-0.1, -0.05) is 26.2 Å². The fraction of sp³-hybridized carbons (Fsp3) is 0.667.